The zero-order valence-electron chi connectivity index (χ0n) is 7.71. The predicted molar refractivity (Wildman–Crippen MR) is 55.0 cm³/mol. The van der Waals surface area contributed by atoms with E-state index in [4.69, 9.17) is 0 Å². The van der Waals surface area contributed by atoms with E-state index in [0.29, 0.717) is 0 Å². The minimum absolute atomic E-state index is 0.0627. The third kappa shape index (κ3) is 2.93. The summed E-state index contributed by atoms with van der Waals surface area (Å²) >= 11 is 1.42. The molecule has 9 heteroatoms. The van der Waals surface area contributed by atoms with E-state index in [1.165, 1.54) is 29.5 Å². The molecule has 1 aromatic heterocycles. The molecule has 0 radical (unpaired) electrons. The summed E-state index contributed by atoms with van der Waals surface area (Å²) in [5, 5.41) is 10.5. The SMILES string of the molecule is Cc1ncc([N+](=O)[O-])c(I)c1OC(F)(F)F. The number of nitro groups is 1. The number of nitrogens with zero attached hydrogens (tertiary/aromatic N) is 2. The summed E-state index contributed by atoms with van der Waals surface area (Å²) in [6.45, 7) is 1.27. The molecule has 0 atom stereocenters. The molecule has 0 N–H and O–H groups in total. The van der Waals surface area contributed by atoms with Gasteiger partial charge in [-0.3, -0.25) is 15.1 Å². The van der Waals surface area contributed by atoms with E-state index in [1.807, 2.05) is 0 Å². The summed E-state index contributed by atoms with van der Waals surface area (Å²) in [7, 11) is 0. The lowest BCUT2D eigenvalue weighted by molar-refractivity contribution is -0.386. The second-order valence-corrected chi connectivity index (χ2v) is 3.76. The van der Waals surface area contributed by atoms with Crippen LogP contribution < -0.4 is 4.74 Å². The van der Waals surface area contributed by atoms with Gasteiger partial charge in [-0.25, -0.2) is 0 Å². The van der Waals surface area contributed by atoms with Crippen LogP contribution in [-0.4, -0.2) is 16.3 Å². The van der Waals surface area contributed by atoms with Crippen molar-refractivity contribution in [2.24, 2.45) is 0 Å². The van der Waals surface area contributed by atoms with E-state index >= 15 is 0 Å². The molecule has 0 amide bonds. The van der Waals surface area contributed by atoms with Gasteiger partial charge in [0.1, 0.15) is 9.77 Å². The Balaban J connectivity index is 3.27. The van der Waals surface area contributed by atoms with Crippen LogP contribution in [0.5, 0.6) is 5.75 Å². The lowest BCUT2D eigenvalue weighted by Gasteiger charge is -2.12. The van der Waals surface area contributed by atoms with E-state index < -0.39 is 22.7 Å². The Hall–Kier alpha value is -1.13. The lowest BCUT2D eigenvalue weighted by atomic mass is 10.3. The summed E-state index contributed by atoms with van der Waals surface area (Å²) < 4.78 is 39.5. The van der Waals surface area contributed by atoms with Crippen molar-refractivity contribution in [3.8, 4) is 5.75 Å². The summed E-state index contributed by atoms with van der Waals surface area (Å²) in [5.74, 6) is -0.637. The first kappa shape index (κ1) is 12.9. The second-order valence-electron chi connectivity index (χ2n) is 2.68. The monoisotopic (exact) mass is 348 g/mol. The van der Waals surface area contributed by atoms with Crippen LogP contribution in [0, 0.1) is 20.6 Å². The zero-order valence-corrected chi connectivity index (χ0v) is 9.87. The highest BCUT2D eigenvalue weighted by Gasteiger charge is 2.34. The van der Waals surface area contributed by atoms with Crippen LogP contribution >= 0.6 is 22.6 Å². The molecule has 0 aliphatic carbocycles. The fraction of sp³-hybridized carbons (Fsp3) is 0.286. The average molecular weight is 348 g/mol. The van der Waals surface area contributed by atoms with E-state index in [9.17, 15) is 23.3 Å². The molecule has 0 aliphatic heterocycles. The molecule has 5 nitrogen and oxygen atoms in total. The Morgan fingerprint density at radius 2 is 2.12 bits per heavy atom. The Morgan fingerprint density at radius 1 is 1.56 bits per heavy atom. The molecule has 0 saturated heterocycles. The van der Waals surface area contributed by atoms with Gasteiger partial charge in [0, 0.05) is 0 Å². The van der Waals surface area contributed by atoms with Gasteiger partial charge in [-0.05, 0) is 29.5 Å². The van der Waals surface area contributed by atoms with Crippen LogP contribution in [0.25, 0.3) is 0 Å². The maximum Gasteiger partial charge on any atom is 0.573 e. The van der Waals surface area contributed by atoms with Crippen molar-refractivity contribution in [1.29, 1.82) is 0 Å². The lowest BCUT2D eigenvalue weighted by Crippen LogP contribution is -2.19. The van der Waals surface area contributed by atoms with Gasteiger partial charge in [0.25, 0.3) is 0 Å². The fourth-order valence-electron chi connectivity index (χ4n) is 0.910. The van der Waals surface area contributed by atoms with Crippen molar-refractivity contribution < 1.29 is 22.8 Å². The second kappa shape index (κ2) is 4.39. The number of alkyl halides is 3. The van der Waals surface area contributed by atoms with Crippen LogP contribution in [0.4, 0.5) is 18.9 Å². The van der Waals surface area contributed by atoms with Crippen LogP contribution in [0.3, 0.4) is 0 Å². The van der Waals surface area contributed by atoms with Crippen molar-refractivity contribution in [3.05, 3.63) is 25.6 Å². The summed E-state index contributed by atoms with van der Waals surface area (Å²) in [6, 6.07) is 0. The van der Waals surface area contributed by atoms with Gasteiger partial charge in [-0.1, -0.05) is 0 Å². The molecular formula is C7H4F3IN2O3. The molecule has 1 aromatic rings. The van der Waals surface area contributed by atoms with Gasteiger partial charge in [0.15, 0.2) is 5.75 Å². The molecule has 88 valence electrons. The summed E-state index contributed by atoms with van der Waals surface area (Å²) in [6.07, 6.45) is -4.01. The van der Waals surface area contributed by atoms with Gasteiger partial charge in [-0.15, -0.1) is 13.2 Å². The third-order valence-corrected chi connectivity index (χ3v) is 2.59. The first-order valence-corrected chi connectivity index (χ1v) is 4.85. The van der Waals surface area contributed by atoms with Crippen molar-refractivity contribution in [2.75, 3.05) is 0 Å². The van der Waals surface area contributed by atoms with Gasteiger partial charge in [0.2, 0.25) is 0 Å². The molecule has 0 bridgehead atoms. The van der Waals surface area contributed by atoms with Crippen LogP contribution in [0.1, 0.15) is 5.69 Å². The number of hydrogen-bond acceptors (Lipinski definition) is 4. The van der Waals surface area contributed by atoms with Gasteiger partial charge < -0.3 is 4.74 Å². The highest BCUT2D eigenvalue weighted by Crippen LogP contribution is 2.34. The molecular weight excluding hydrogens is 344 g/mol. The maximum absolute atomic E-state index is 12.0. The smallest absolute Gasteiger partial charge is 0.402 e. The molecule has 0 unspecified atom stereocenters. The number of aryl methyl sites for hydroxylation is 1. The number of rotatable bonds is 2. The van der Waals surface area contributed by atoms with Gasteiger partial charge >= 0.3 is 12.0 Å². The van der Waals surface area contributed by atoms with Crippen LogP contribution in [0.15, 0.2) is 6.20 Å². The average Bonchev–Trinajstić information content (AvgIpc) is 2.10. The fourth-order valence-corrected chi connectivity index (χ4v) is 1.75. The topological polar surface area (TPSA) is 65.3 Å². The summed E-state index contributed by atoms with van der Waals surface area (Å²) in [4.78, 5) is 13.1. The minimum Gasteiger partial charge on any atom is -0.402 e. The Labute approximate surface area is 101 Å². The standard InChI is InChI=1S/C7H4F3IN2O3/c1-3-6(16-7(8,9)10)5(11)4(2-12-3)13(14)15/h2H,1H3. The van der Waals surface area contributed by atoms with E-state index in [0.717, 1.165) is 6.20 Å². The van der Waals surface area contributed by atoms with Crippen molar-refractivity contribution in [3.63, 3.8) is 0 Å². The highest BCUT2D eigenvalue weighted by molar-refractivity contribution is 14.1. The first-order chi connectivity index (χ1) is 7.22. The normalized spacial score (nSPS) is 11.3. The zero-order chi connectivity index (χ0) is 12.5. The minimum atomic E-state index is -4.90. The molecule has 0 aliphatic rings. The van der Waals surface area contributed by atoms with Crippen LogP contribution in [-0.2, 0) is 0 Å². The van der Waals surface area contributed by atoms with Crippen molar-refractivity contribution in [2.45, 2.75) is 13.3 Å². The first-order valence-electron chi connectivity index (χ1n) is 3.77. The number of halogens is 4. The molecule has 0 spiro atoms. The number of pyridine rings is 1. The Morgan fingerprint density at radius 3 is 2.56 bits per heavy atom. The van der Waals surface area contributed by atoms with Gasteiger partial charge in [0.05, 0.1) is 10.6 Å². The van der Waals surface area contributed by atoms with Gasteiger partial charge in [-0.2, -0.15) is 0 Å². The van der Waals surface area contributed by atoms with Crippen molar-refractivity contribution in [1.82, 2.24) is 4.98 Å². The number of hydrogen-bond donors (Lipinski definition) is 0. The molecule has 1 heterocycles. The molecule has 1 rings (SSSR count). The number of ether oxygens (including phenoxy) is 1. The molecule has 0 aromatic carbocycles. The van der Waals surface area contributed by atoms with E-state index in [2.05, 4.69) is 9.72 Å². The number of aromatic nitrogens is 1. The Bertz CT molecular complexity index is 436. The highest BCUT2D eigenvalue weighted by atomic mass is 127. The quantitative estimate of drug-likeness (QED) is 0.468. The molecule has 16 heavy (non-hydrogen) atoms. The third-order valence-electron chi connectivity index (χ3n) is 1.55. The van der Waals surface area contributed by atoms with Crippen LogP contribution in [0.2, 0.25) is 0 Å². The molecule has 0 saturated carbocycles. The maximum atomic E-state index is 12.0. The van der Waals surface area contributed by atoms with E-state index in [-0.39, 0.29) is 9.26 Å². The van der Waals surface area contributed by atoms with Crippen molar-refractivity contribution >= 4 is 28.3 Å². The van der Waals surface area contributed by atoms with E-state index in [1.54, 1.807) is 0 Å². The Kier molecular flexibility index (Phi) is 3.55. The molecule has 0 fully saturated rings. The predicted octanol–water partition coefficient (Wildman–Crippen LogP) is 2.80. The summed E-state index contributed by atoms with van der Waals surface area (Å²) in [5.41, 5.74) is -0.585. The largest absolute Gasteiger partial charge is 0.573 e.